The van der Waals surface area contributed by atoms with Gasteiger partial charge in [-0.2, -0.15) is 0 Å². The molecule has 0 saturated carbocycles. The van der Waals surface area contributed by atoms with Gasteiger partial charge in [-0.3, -0.25) is 4.79 Å². The first-order chi connectivity index (χ1) is 9.14. The van der Waals surface area contributed by atoms with Gasteiger partial charge in [0.05, 0.1) is 4.75 Å². The molecule has 1 aliphatic rings. The quantitative estimate of drug-likeness (QED) is 0.811. The van der Waals surface area contributed by atoms with Crippen molar-refractivity contribution >= 4 is 39.3 Å². The van der Waals surface area contributed by atoms with E-state index in [1.807, 2.05) is 12.1 Å². The number of aryl methyl sites for hydroxylation is 1. The van der Waals surface area contributed by atoms with Crippen molar-refractivity contribution in [1.82, 2.24) is 0 Å². The standard InChI is InChI=1S/C15H20BrNOS/c1-15(8-4-10-19-15)14(18)17-13-7-2-5-12(11-13)6-3-9-16/h2,5,7,11H,3-4,6,8-10H2,1H3,(H,17,18). The first-order valence-electron chi connectivity index (χ1n) is 6.74. The van der Waals surface area contributed by atoms with Crippen LogP contribution in [0.15, 0.2) is 24.3 Å². The number of halogens is 1. The summed E-state index contributed by atoms with van der Waals surface area (Å²) in [6.45, 7) is 2.05. The highest BCUT2D eigenvalue weighted by molar-refractivity contribution is 9.09. The van der Waals surface area contributed by atoms with Gasteiger partial charge in [0, 0.05) is 11.0 Å². The summed E-state index contributed by atoms with van der Waals surface area (Å²) in [5, 5.41) is 4.08. The summed E-state index contributed by atoms with van der Waals surface area (Å²) in [6, 6.07) is 8.19. The molecule has 1 unspecified atom stereocenters. The molecule has 0 radical (unpaired) electrons. The molecule has 1 fully saturated rings. The third-order valence-electron chi connectivity index (χ3n) is 3.48. The number of rotatable bonds is 5. The lowest BCUT2D eigenvalue weighted by molar-refractivity contribution is -0.118. The maximum Gasteiger partial charge on any atom is 0.240 e. The van der Waals surface area contributed by atoms with Gasteiger partial charge in [0.15, 0.2) is 0 Å². The first kappa shape index (κ1) is 14.9. The number of thioether (sulfide) groups is 1. The molecule has 2 nitrogen and oxygen atoms in total. The molecule has 2 rings (SSSR count). The predicted molar refractivity (Wildman–Crippen MR) is 87.3 cm³/mol. The van der Waals surface area contributed by atoms with Gasteiger partial charge in [-0.15, -0.1) is 11.8 Å². The van der Waals surface area contributed by atoms with E-state index in [9.17, 15) is 4.79 Å². The molecular weight excluding hydrogens is 322 g/mol. The largest absolute Gasteiger partial charge is 0.325 e. The van der Waals surface area contributed by atoms with Crippen LogP contribution in [0.3, 0.4) is 0 Å². The number of carbonyl (C=O) groups excluding carboxylic acids is 1. The van der Waals surface area contributed by atoms with Crippen LogP contribution in [-0.2, 0) is 11.2 Å². The average Bonchev–Trinajstić information content (AvgIpc) is 2.85. The molecule has 1 aromatic rings. The molecule has 0 spiro atoms. The van der Waals surface area contributed by atoms with Crippen molar-refractivity contribution in [3.05, 3.63) is 29.8 Å². The molecule has 1 saturated heterocycles. The van der Waals surface area contributed by atoms with Gasteiger partial charge < -0.3 is 5.32 Å². The van der Waals surface area contributed by atoms with Gasteiger partial charge in [-0.1, -0.05) is 28.1 Å². The van der Waals surface area contributed by atoms with Gasteiger partial charge in [-0.05, 0) is 56.1 Å². The lowest BCUT2D eigenvalue weighted by Gasteiger charge is -2.21. The lowest BCUT2D eigenvalue weighted by atomic mass is 10.0. The molecular formula is C15H20BrNOS. The highest BCUT2D eigenvalue weighted by Crippen LogP contribution is 2.38. The minimum Gasteiger partial charge on any atom is -0.325 e. The topological polar surface area (TPSA) is 29.1 Å². The predicted octanol–water partition coefficient (Wildman–Crippen LogP) is 4.24. The summed E-state index contributed by atoms with van der Waals surface area (Å²) in [6.07, 6.45) is 4.28. The Labute approximate surface area is 127 Å². The fourth-order valence-corrected chi connectivity index (χ4v) is 3.79. The van der Waals surface area contributed by atoms with E-state index in [0.29, 0.717) is 0 Å². The van der Waals surface area contributed by atoms with Gasteiger partial charge in [0.2, 0.25) is 5.91 Å². The SMILES string of the molecule is CC1(C(=O)Nc2cccc(CCCBr)c2)CCCS1. The molecule has 1 heterocycles. The van der Waals surface area contributed by atoms with Crippen LogP contribution < -0.4 is 5.32 Å². The van der Waals surface area contributed by atoms with E-state index >= 15 is 0 Å². The summed E-state index contributed by atoms with van der Waals surface area (Å²) < 4.78 is -0.244. The highest BCUT2D eigenvalue weighted by Gasteiger charge is 2.37. The van der Waals surface area contributed by atoms with E-state index < -0.39 is 0 Å². The molecule has 1 aromatic carbocycles. The van der Waals surface area contributed by atoms with E-state index in [1.54, 1.807) is 11.8 Å². The molecule has 0 aliphatic carbocycles. The maximum absolute atomic E-state index is 12.3. The molecule has 104 valence electrons. The number of carbonyl (C=O) groups is 1. The Bertz CT molecular complexity index is 444. The fraction of sp³-hybridized carbons (Fsp3) is 0.533. The van der Waals surface area contributed by atoms with Crippen molar-refractivity contribution in [3.63, 3.8) is 0 Å². The van der Waals surface area contributed by atoms with Crippen LogP contribution in [0, 0.1) is 0 Å². The Morgan fingerprint density at radius 1 is 1.53 bits per heavy atom. The van der Waals surface area contributed by atoms with Crippen LogP contribution in [0.1, 0.15) is 31.7 Å². The van der Waals surface area contributed by atoms with E-state index in [1.165, 1.54) is 5.56 Å². The van der Waals surface area contributed by atoms with Crippen molar-refractivity contribution in [3.8, 4) is 0 Å². The van der Waals surface area contributed by atoms with E-state index in [2.05, 4.69) is 40.3 Å². The van der Waals surface area contributed by atoms with Crippen LogP contribution in [0.4, 0.5) is 5.69 Å². The van der Waals surface area contributed by atoms with Crippen molar-refractivity contribution in [2.45, 2.75) is 37.4 Å². The molecule has 4 heteroatoms. The molecule has 0 bridgehead atoms. The third kappa shape index (κ3) is 3.99. The Morgan fingerprint density at radius 3 is 3.05 bits per heavy atom. The maximum atomic E-state index is 12.3. The molecule has 19 heavy (non-hydrogen) atoms. The number of nitrogens with one attached hydrogen (secondary N) is 1. The van der Waals surface area contributed by atoms with Crippen LogP contribution in [0.25, 0.3) is 0 Å². The monoisotopic (exact) mass is 341 g/mol. The summed E-state index contributed by atoms with van der Waals surface area (Å²) in [5.41, 5.74) is 2.20. The molecule has 1 amide bonds. The summed E-state index contributed by atoms with van der Waals surface area (Å²) in [5.74, 6) is 1.24. The summed E-state index contributed by atoms with van der Waals surface area (Å²) in [7, 11) is 0. The number of benzene rings is 1. The number of alkyl halides is 1. The molecule has 1 N–H and O–H groups in total. The fourth-order valence-electron chi connectivity index (χ4n) is 2.30. The zero-order valence-electron chi connectivity index (χ0n) is 11.2. The minimum absolute atomic E-state index is 0.146. The van der Waals surface area contributed by atoms with Gasteiger partial charge >= 0.3 is 0 Å². The normalized spacial score (nSPS) is 22.4. The second-order valence-electron chi connectivity index (χ2n) is 5.13. The highest BCUT2D eigenvalue weighted by atomic mass is 79.9. The van der Waals surface area contributed by atoms with Crippen LogP contribution in [-0.4, -0.2) is 21.7 Å². The summed E-state index contributed by atoms with van der Waals surface area (Å²) >= 11 is 5.22. The lowest BCUT2D eigenvalue weighted by Crippen LogP contribution is -2.34. The van der Waals surface area contributed by atoms with Gasteiger partial charge in [0.1, 0.15) is 0 Å². The van der Waals surface area contributed by atoms with E-state index in [4.69, 9.17) is 0 Å². The third-order valence-corrected chi connectivity index (χ3v) is 5.56. The van der Waals surface area contributed by atoms with Crippen molar-refractivity contribution in [2.24, 2.45) is 0 Å². The molecule has 0 aromatic heterocycles. The Hall–Kier alpha value is -0.480. The minimum atomic E-state index is -0.244. The Kier molecular flexibility index (Phi) is 5.34. The van der Waals surface area contributed by atoms with Crippen molar-refractivity contribution in [1.29, 1.82) is 0 Å². The van der Waals surface area contributed by atoms with E-state index in [-0.39, 0.29) is 10.7 Å². The van der Waals surface area contributed by atoms with Crippen molar-refractivity contribution < 1.29 is 4.79 Å². The van der Waals surface area contributed by atoms with Crippen LogP contribution in [0.2, 0.25) is 0 Å². The molecule has 1 atom stereocenters. The number of hydrogen-bond acceptors (Lipinski definition) is 2. The molecule has 1 aliphatic heterocycles. The Balaban J connectivity index is 2.00. The van der Waals surface area contributed by atoms with Crippen LogP contribution in [0.5, 0.6) is 0 Å². The second kappa shape index (κ2) is 6.80. The van der Waals surface area contributed by atoms with Gasteiger partial charge in [0.25, 0.3) is 0 Å². The number of anilines is 1. The van der Waals surface area contributed by atoms with Crippen LogP contribution >= 0.6 is 27.7 Å². The zero-order valence-corrected chi connectivity index (χ0v) is 13.6. The second-order valence-corrected chi connectivity index (χ2v) is 7.52. The first-order valence-corrected chi connectivity index (χ1v) is 8.85. The number of amides is 1. The average molecular weight is 342 g/mol. The van der Waals surface area contributed by atoms with Crippen molar-refractivity contribution in [2.75, 3.05) is 16.4 Å². The van der Waals surface area contributed by atoms with Gasteiger partial charge in [-0.25, -0.2) is 0 Å². The van der Waals surface area contributed by atoms with E-state index in [0.717, 1.165) is 42.5 Å². The zero-order chi connectivity index (χ0) is 13.7. The number of hydrogen-bond donors (Lipinski definition) is 1. The summed E-state index contributed by atoms with van der Waals surface area (Å²) in [4.78, 5) is 12.3. The Morgan fingerprint density at radius 2 is 2.37 bits per heavy atom. The smallest absolute Gasteiger partial charge is 0.240 e.